The molecule has 2 nitrogen and oxygen atoms in total. The molecule has 1 aliphatic heterocycles. The third-order valence-corrected chi connectivity index (χ3v) is 4.17. The Morgan fingerprint density at radius 3 is 2.29 bits per heavy atom. The third kappa shape index (κ3) is 2.74. The molecule has 4 heteroatoms. The Morgan fingerprint density at radius 1 is 1.24 bits per heavy atom. The van der Waals surface area contributed by atoms with Crippen LogP contribution in [-0.2, 0) is 0 Å². The number of halogens is 2. The fraction of sp³-hybridized carbons (Fsp3) is 0.462. The highest BCUT2D eigenvalue weighted by molar-refractivity contribution is 9.11. The fourth-order valence-corrected chi connectivity index (χ4v) is 3.61. The van der Waals surface area contributed by atoms with Crippen molar-refractivity contribution in [2.24, 2.45) is 0 Å². The van der Waals surface area contributed by atoms with E-state index in [9.17, 15) is 4.79 Å². The van der Waals surface area contributed by atoms with Gasteiger partial charge in [0.05, 0.1) is 0 Å². The van der Waals surface area contributed by atoms with Crippen molar-refractivity contribution in [1.29, 1.82) is 0 Å². The lowest BCUT2D eigenvalue weighted by Gasteiger charge is -2.31. The molecule has 2 rings (SSSR count). The molecule has 92 valence electrons. The van der Waals surface area contributed by atoms with E-state index in [1.807, 2.05) is 23.1 Å². The number of likely N-dealkylation sites (tertiary alicyclic amines) is 1. The normalized spacial score (nSPS) is 18.5. The Bertz CT molecular complexity index is 436. The molecule has 1 aromatic rings. The van der Waals surface area contributed by atoms with E-state index >= 15 is 0 Å². The molecule has 1 saturated heterocycles. The molecule has 1 fully saturated rings. The van der Waals surface area contributed by atoms with E-state index in [0.717, 1.165) is 33.9 Å². The number of rotatable bonds is 1. The highest BCUT2D eigenvalue weighted by atomic mass is 79.9. The van der Waals surface area contributed by atoms with Crippen molar-refractivity contribution in [2.75, 3.05) is 6.54 Å². The van der Waals surface area contributed by atoms with Gasteiger partial charge < -0.3 is 4.90 Å². The molecule has 1 aliphatic rings. The zero-order valence-electron chi connectivity index (χ0n) is 9.96. The van der Waals surface area contributed by atoms with Crippen molar-refractivity contribution < 1.29 is 4.79 Å². The number of amides is 1. The number of carbonyl (C=O) groups excluding carboxylic acids is 1. The number of hydrogen-bond donors (Lipinski definition) is 0. The lowest BCUT2D eigenvalue weighted by molar-refractivity contribution is 0.0652. The van der Waals surface area contributed by atoms with Crippen molar-refractivity contribution in [3.05, 3.63) is 32.7 Å². The minimum absolute atomic E-state index is 0.0219. The minimum Gasteiger partial charge on any atom is -0.334 e. The van der Waals surface area contributed by atoms with E-state index in [1.165, 1.54) is 0 Å². The van der Waals surface area contributed by atoms with Gasteiger partial charge in [-0.15, -0.1) is 0 Å². The predicted octanol–water partition coefficient (Wildman–Crippen LogP) is 4.23. The van der Waals surface area contributed by atoms with E-state index in [4.69, 9.17) is 0 Å². The summed E-state index contributed by atoms with van der Waals surface area (Å²) >= 11 is 6.84. The Morgan fingerprint density at radius 2 is 1.82 bits per heavy atom. The second-order valence-corrected chi connectivity index (χ2v) is 6.86. The van der Waals surface area contributed by atoms with Crippen LogP contribution in [0.5, 0.6) is 0 Å². The van der Waals surface area contributed by atoms with E-state index in [2.05, 4.69) is 45.7 Å². The van der Waals surface area contributed by atoms with E-state index < -0.39 is 0 Å². The number of benzene rings is 1. The Balaban J connectivity index is 2.31. The Labute approximate surface area is 119 Å². The van der Waals surface area contributed by atoms with Gasteiger partial charge in [-0.1, -0.05) is 31.9 Å². The second kappa shape index (κ2) is 4.73. The van der Waals surface area contributed by atoms with E-state index in [-0.39, 0.29) is 11.4 Å². The monoisotopic (exact) mass is 359 g/mol. The summed E-state index contributed by atoms with van der Waals surface area (Å²) in [5, 5.41) is 0. The van der Waals surface area contributed by atoms with Crippen molar-refractivity contribution >= 4 is 37.8 Å². The van der Waals surface area contributed by atoms with Crippen LogP contribution in [0.15, 0.2) is 27.1 Å². The average molecular weight is 361 g/mol. The summed E-state index contributed by atoms with van der Waals surface area (Å²) in [5.74, 6) is 0.120. The van der Waals surface area contributed by atoms with Crippen LogP contribution < -0.4 is 0 Å². The maximum Gasteiger partial charge on any atom is 0.254 e. The molecule has 0 radical (unpaired) electrons. The molecule has 0 bridgehead atoms. The number of hydrogen-bond acceptors (Lipinski definition) is 1. The van der Waals surface area contributed by atoms with E-state index in [0.29, 0.717) is 0 Å². The Kier molecular flexibility index (Phi) is 3.64. The summed E-state index contributed by atoms with van der Waals surface area (Å²) in [7, 11) is 0. The Hall–Kier alpha value is -0.350. The van der Waals surface area contributed by atoms with Gasteiger partial charge in [-0.3, -0.25) is 4.79 Å². The lowest BCUT2D eigenvalue weighted by Crippen LogP contribution is -2.42. The molecule has 0 saturated carbocycles. The molecule has 1 aromatic carbocycles. The molecule has 1 heterocycles. The highest BCUT2D eigenvalue weighted by Gasteiger charge is 2.35. The van der Waals surface area contributed by atoms with Gasteiger partial charge in [-0.25, -0.2) is 0 Å². The first kappa shape index (κ1) is 13.1. The fourth-order valence-electron chi connectivity index (χ4n) is 2.32. The largest absolute Gasteiger partial charge is 0.334 e. The number of carbonyl (C=O) groups is 1. The molecule has 1 amide bonds. The molecule has 0 atom stereocenters. The van der Waals surface area contributed by atoms with Crippen molar-refractivity contribution in [2.45, 2.75) is 32.2 Å². The van der Waals surface area contributed by atoms with Crippen LogP contribution in [-0.4, -0.2) is 22.9 Å². The molecule has 0 aromatic heterocycles. The van der Waals surface area contributed by atoms with Gasteiger partial charge in [-0.2, -0.15) is 0 Å². The molecule has 0 aliphatic carbocycles. The van der Waals surface area contributed by atoms with Gasteiger partial charge in [0.15, 0.2) is 0 Å². The van der Waals surface area contributed by atoms with Gasteiger partial charge in [-0.05, 0) is 44.9 Å². The van der Waals surface area contributed by atoms with Crippen LogP contribution in [0.2, 0.25) is 0 Å². The molecular formula is C13H15Br2NO. The summed E-state index contributed by atoms with van der Waals surface area (Å²) in [4.78, 5) is 14.4. The van der Waals surface area contributed by atoms with E-state index in [1.54, 1.807) is 0 Å². The van der Waals surface area contributed by atoms with Crippen molar-refractivity contribution in [3.8, 4) is 0 Å². The summed E-state index contributed by atoms with van der Waals surface area (Å²) in [6.45, 7) is 5.12. The van der Waals surface area contributed by atoms with Gasteiger partial charge >= 0.3 is 0 Å². The van der Waals surface area contributed by atoms with Crippen molar-refractivity contribution in [1.82, 2.24) is 4.90 Å². The molecular weight excluding hydrogens is 346 g/mol. The summed E-state index contributed by atoms with van der Waals surface area (Å²) < 4.78 is 1.85. The standard InChI is InChI=1S/C13H15Br2NO/c1-13(2)4-3-5-16(13)12(17)9-6-10(14)8-11(15)7-9/h6-8H,3-5H2,1-2H3. The molecule has 0 unspecified atom stereocenters. The van der Waals surface area contributed by atoms with Crippen LogP contribution in [0.3, 0.4) is 0 Å². The quantitative estimate of drug-likeness (QED) is 0.733. The van der Waals surface area contributed by atoms with Crippen LogP contribution in [0, 0.1) is 0 Å². The first-order valence-corrected chi connectivity index (χ1v) is 7.27. The lowest BCUT2D eigenvalue weighted by atomic mass is 10.0. The van der Waals surface area contributed by atoms with Gasteiger partial charge in [0.1, 0.15) is 0 Å². The third-order valence-electron chi connectivity index (χ3n) is 3.26. The first-order chi connectivity index (χ1) is 7.90. The highest BCUT2D eigenvalue weighted by Crippen LogP contribution is 2.31. The first-order valence-electron chi connectivity index (χ1n) is 5.68. The summed E-state index contributed by atoms with van der Waals surface area (Å²) in [6, 6.07) is 5.69. The minimum atomic E-state index is -0.0219. The average Bonchev–Trinajstić information content (AvgIpc) is 2.55. The topological polar surface area (TPSA) is 20.3 Å². The molecule has 0 spiro atoms. The van der Waals surface area contributed by atoms with Gasteiger partial charge in [0.2, 0.25) is 0 Å². The molecule has 17 heavy (non-hydrogen) atoms. The molecule has 0 N–H and O–H groups in total. The van der Waals surface area contributed by atoms with Crippen LogP contribution >= 0.6 is 31.9 Å². The zero-order valence-corrected chi connectivity index (χ0v) is 13.1. The predicted molar refractivity (Wildman–Crippen MR) is 76.2 cm³/mol. The summed E-state index contributed by atoms with van der Waals surface area (Å²) in [6.07, 6.45) is 2.17. The van der Waals surface area contributed by atoms with Crippen LogP contribution in [0.1, 0.15) is 37.0 Å². The zero-order chi connectivity index (χ0) is 12.6. The van der Waals surface area contributed by atoms with Crippen LogP contribution in [0.4, 0.5) is 0 Å². The second-order valence-electron chi connectivity index (χ2n) is 5.03. The maximum absolute atomic E-state index is 12.5. The maximum atomic E-state index is 12.5. The SMILES string of the molecule is CC1(C)CCCN1C(=O)c1cc(Br)cc(Br)c1. The van der Waals surface area contributed by atoms with Crippen LogP contribution in [0.25, 0.3) is 0 Å². The van der Waals surface area contributed by atoms with Gasteiger partial charge in [0.25, 0.3) is 5.91 Å². The van der Waals surface area contributed by atoms with Crippen molar-refractivity contribution in [3.63, 3.8) is 0 Å². The number of nitrogens with zero attached hydrogens (tertiary/aromatic N) is 1. The van der Waals surface area contributed by atoms with Gasteiger partial charge in [0, 0.05) is 26.6 Å². The summed E-state index contributed by atoms with van der Waals surface area (Å²) in [5.41, 5.74) is 0.715. The smallest absolute Gasteiger partial charge is 0.254 e.